The molecule has 0 heterocycles. The highest BCUT2D eigenvalue weighted by molar-refractivity contribution is 7.89. The summed E-state index contributed by atoms with van der Waals surface area (Å²) in [4.78, 5) is 0. The van der Waals surface area contributed by atoms with Gasteiger partial charge in [0.1, 0.15) is 0 Å². The maximum absolute atomic E-state index is 11.9. The lowest BCUT2D eigenvalue weighted by Crippen LogP contribution is -2.28. The SMILES string of the molecule is Cc1c(N)cc(CCCCS(=O)(=O)NCCCCS(N)(=O)=O)cc1N. The van der Waals surface area contributed by atoms with Crippen LogP contribution in [-0.2, 0) is 26.5 Å². The summed E-state index contributed by atoms with van der Waals surface area (Å²) < 4.78 is 47.7. The van der Waals surface area contributed by atoms with E-state index in [1.807, 2.05) is 19.1 Å². The Morgan fingerprint density at radius 2 is 1.48 bits per heavy atom. The summed E-state index contributed by atoms with van der Waals surface area (Å²) in [6, 6.07) is 3.73. The number of primary sulfonamides is 1. The lowest BCUT2D eigenvalue weighted by molar-refractivity contribution is 0.573. The predicted octanol–water partition coefficient (Wildman–Crippen LogP) is 0.470. The van der Waals surface area contributed by atoms with Crippen LogP contribution in [-0.4, -0.2) is 34.9 Å². The molecule has 0 bridgehead atoms. The minimum atomic E-state index is -3.49. The number of nitrogens with two attached hydrogens (primary N) is 3. The maximum Gasteiger partial charge on any atom is 0.211 e. The molecule has 0 radical (unpaired) electrons. The summed E-state index contributed by atoms with van der Waals surface area (Å²) >= 11 is 0. The van der Waals surface area contributed by atoms with Gasteiger partial charge in [-0.15, -0.1) is 0 Å². The van der Waals surface area contributed by atoms with Crippen LogP contribution < -0.4 is 21.3 Å². The van der Waals surface area contributed by atoms with Crippen molar-refractivity contribution < 1.29 is 16.8 Å². The van der Waals surface area contributed by atoms with Crippen molar-refractivity contribution in [3.05, 3.63) is 23.3 Å². The number of hydrogen-bond acceptors (Lipinski definition) is 6. The molecule has 0 spiro atoms. The Morgan fingerprint density at radius 3 is 2.04 bits per heavy atom. The van der Waals surface area contributed by atoms with Gasteiger partial charge in [-0.05, 0) is 62.3 Å². The molecule has 1 aromatic rings. The molecule has 7 N–H and O–H groups in total. The van der Waals surface area contributed by atoms with Crippen molar-refractivity contribution in [3.63, 3.8) is 0 Å². The van der Waals surface area contributed by atoms with Crippen LogP contribution in [0, 0.1) is 6.92 Å². The first-order chi connectivity index (χ1) is 11.5. The van der Waals surface area contributed by atoms with Gasteiger partial charge in [-0.25, -0.2) is 26.7 Å². The van der Waals surface area contributed by atoms with Crippen LogP contribution in [0.2, 0.25) is 0 Å². The Balaban J connectivity index is 2.28. The fraction of sp³-hybridized carbons (Fsp3) is 0.600. The van der Waals surface area contributed by atoms with Gasteiger partial charge in [0.15, 0.2) is 0 Å². The molecule has 8 nitrogen and oxygen atoms in total. The zero-order chi connectivity index (χ0) is 19.1. The van der Waals surface area contributed by atoms with Crippen molar-refractivity contribution in [2.24, 2.45) is 5.14 Å². The minimum absolute atomic E-state index is 0.0268. The molecule has 0 aliphatic carbocycles. The van der Waals surface area contributed by atoms with Gasteiger partial charge in [0, 0.05) is 17.9 Å². The van der Waals surface area contributed by atoms with Gasteiger partial charge in [-0.2, -0.15) is 0 Å². The van der Waals surface area contributed by atoms with Crippen molar-refractivity contribution in [1.29, 1.82) is 0 Å². The first-order valence-corrected chi connectivity index (χ1v) is 11.5. The molecule has 10 heteroatoms. The lowest BCUT2D eigenvalue weighted by Gasteiger charge is -2.09. The molecule has 0 amide bonds. The van der Waals surface area contributed by atoms with Crippen LogP contribution >= 0.6 is 0 Å². The maximum atomic E-state index is 11.9. The number of hydrogen-bond donors (Lipinski definition) is 4. The van der Waals surface area contributed by atoms with Crippen LogP contribution in [0.15, 0.2) is 12.1 Å². The van der Waals surface area contributed by atoms with Crippen molar-refractivity contribution in [1.82, 2.24) is 4.72 Å². The highest BCUT2D eigenvalue weighted by atomic mass is 32.2. The van der Waals surface area contributed by atoms with Crippen LogP contribution in [0.3, 0.4) is 0 Å². The largest absolute Gasteiger partial charge is 0.398 e. The third kappa shape index (κ3) is 9.05. The second-order valence-electron chi connectivity index (χ2n) is 6.14. The lowest BCUT2D eigenvalue weighted by atomic mass is 10.0. The summed E-state index contributed by atoms with van der Waals surface area (Å²) in [5.41, 5.74) is 14.9. The summed E-state index contributed by atoms with van der Waals surface area (Å²) in [7, 11) is -6.84. The van der Waals surface area contributed by atoms with E-state index in [-0.39, 0.29) is 18.1 Å². The molecular weight excluding hydrogens is 364 g/mol. The normalized spacial score (nSPS) is 12.4. The highest BCUT2D eigenvalue weighted by Crippen LogP contribution is 2.21. The van der Waals surface area contributed by atoms with Gasteiger partial charge < -0.3 is 11.5 Å². The fourth-order valence-corrected chi connectivity index (χ4v) is 4.11. The molecule has 0 aromatic heterocycles. The first kappa shape index (κ1) is 21.7. The molecule has 25 heavy (non-hydrogen) atoms. The number of unbranched alkanes of at least 4 members (excludes halogenated alkanes) is 2. The van der Waals surface area contributed by atoms with E-state index < -0.39 is 20.0 Å². The summed E-state index contributed by atoms with van der Waals surface area (Å²) in [5.74, 6) is -0.115. The molecule has 0 aliphatic heterocycles. The van der Waals surface area contributed by atoms with Crippen LogP contribution in [0.5, 0.6) is 0 Å². The minimum Gasteiger partial charge on any atom is -0.398 e. The van der Waals surface area contributed by atoms with Crippen LogP contribution in [0.25, 0.3) is 0 Å². The number of nitrogens with one attached hydrogen (secondary N) is 1. The summed E-state index contributed by atoms with van der Waals surface area (Å²) in [6.45, 7) is 2.07. The Bertz CT molecular complexity index is 754. The van der Waals surface area contributed by atoms with E-state index in [0.29, 0.717) is 43.5 Å². The van der Waals surface area contributed by atoms with E-state index in [0.717, 1.165) is 11.1 Å². The number of aryl methyl sites for hydroxylation is 1. The zero-order valence-electron chi connectivity index (χ0n) is 14.5. The molecular formula is C15H28N4O4S2. The molecule has 0 atom stereocenters. The Labute approximate surface area is 150 Å². The monoisotopic (exact) mass is 392 g/mol. The molecule has 0 saturated carbocycles. The smallest absolute Gasteiger partial charge is 0.211 e. The van der Waals surface area contributed by atoms with Gasteiger partial charge in [-0.3, -0.25) is 0 Å². The quantitative estimate of drug-likeness (QED) is 0.316. The van der Waals surface area contributed by atoms with Gasteiger partial charge in [0.25, 0.3) is 0 Å². The first-order valence-electron chi connectivity index (χ1n) is 8.12. The number of rotatable bonds is 11. The highest BCUT2D eigenvalue weighted by Gasteiger charge is 2.10. The van der Waals surface area contributed by atoms with Gasteiger partial charge in [0.2, 0.25) is 20.0 Å². The van der Waals surface area contributed by atoms with E-state index in [1.54, 1.807) is 0 Å². The summed E-state index contributed by atoms with van der Waals surface area (Å²) in [5, 5.41) is 4.88. The molecule has 1 rings (SSSR count). The van der Waals surface area contributed by atoms with E-state index in [4.69, 9.17) is 16.6 Å². The van der Waals surface area contributed by atoms with Crippen LogP contribution in [0.1, 0.15) is 36.8 Å². The van der Waals surface area contributed by atoms with E-state index >= 15 is 0 Å². The topological polar surface area (TPSA) is 158 Å². The molecule has 0 unspecified atom stereocenters. The van der Waals surface area contributed by atoms with E-state index in [9.17, 15) is 16.8 Å². The van der Waals surface area contributed by atoms with Gasteiger partial charge in [-0.1, -0.05) is 0 Å². The number of benzene rings is 1. The van der Waals surface area contributed by atoms with Gasteiger partial charge in [0.05, 0.1) is 11.5 Å². The standard InChI is InChI=1S/C15H28N4O4S2/c1-12-14(16)10-13(11-15(12)17)6-2-4-9-25(22,23)19-7-3-5-8-24(18,20)21/h10-11,19H,2-9,16-17H2,1H3,(H2,18,20,21). The van der Waals surface area contributed by atoms with Crippen molar-refractivity contribution in [2.75, 3.05) is 29.5 Å². The third-order valence-corrected chi connectivity index (χ3v) is 6.18. The zero-order valence-corrected chi connectivity index (χ0v) is 16.1. The van der Waals surface area contributed by atoms with Crippen molar-refractivity contribution in [3.8, 4) is 0 Å². The van der Waals surface area contributed by atoms with Gasteiger partial charge >= 0.3 is 0 Å². The molecule has 0 aliphatic rings. The average molecular weight is 393 g/mol. The van der Waals surface area contributed by atoms with E-state index in [1.165, 1.54) is 0 Å². The van der Waals surface area contributed by atoms with E-state index in [2.05, 4.69) is 4.72 Å². The second kappa shape index (κ2) is 9.37. The van der Waals surface area contributed by atoms with Crippen molar-refractivity contribution in [2.45, 2.75) is 39.0 Å². The fourth-order valence-electron chi connectivity index (χ4n) is 2.32. The molecule has 0 fully saturated rings. The Morgan fingerprint density at radius 1 is 0.920 bits per heavy atom. The molecule has 0 saturated heterocycles. The Hall–Kier alpha value is -1.36. The Kier molecular flexibility index (Phi) is 8.13. The molecule has 1 aromatic carbocycles. The van der Waals surface area contributed by atoms with Crippen molar-refractivity contribution >= 4 is 31.4 Å². The summed E-state index contributed by atoms with van der Waals surface area (Å²) in [6.07, 6.45) is 2.68. The number of nitrogen functional groups attached to an aromatic ring is 2. The molecule has 144 valence electrons. The second-order valence-corrected chi connectivity index (χ2v) is 9.80. The van der Waals surface area contributed by atoms with Crippen LogP contribution in [0.4, 0.5) is 11.4 Å². The third-order valence-electron chi connectivity index (χ3n) is 3.85. The number of sulfonamides is 2. The predicted molar refractivity (Wildman–Crippen MR) is 102 cm³/mol. The average Bonchev–Trinajstić information content (AvgIpc) is 2.47. The number of anilines is 2.